The Bertz CT molecular complexity index is 409. The van der Waals surface area contributed by atoms with Crippen LogP contribution >= 0.6 is 0 Å². The summed E-state index contributed by atoms with van der Waals surface area (Å²) >= 11 is 0. The molecule has 1 aliphatic heterocycles. The highest BCUT2D eigenvalue weighted by molar-refractivity contribution is 7.89. The first-order chi connectivity index (χ1) is 8.79. The zero-order valence-electron chi connectivity index (χ0n) is 11.2. The summed E-state index contributed by atoms with van der Waals surface area (Å²) in [4.78, 5) is 11.1. The van der Waals surface area contributed by atoms with Crippen LogP contribution in [0.4, 0.5) is 0 Å². The summed E-state index contributed by atoms with van der Waals surface area (Å²) in [6, 6.07) is 0. The van der Waals surface area contributed by atoms with Crippen LogP contribution in [0.1, 0.15) is 26.7 Å². The summed E-state index contributed by atoms with van der Waals surface area (Å²) in [5, 5.41) is 10.1. The zero-order chi connectivity index (χ0) is 14.5. The minimum absolute atomic E-state index is 0.112. The van der Waals surface area contributed by atoms with Crippen LogP contribution in [0.25, 0.3) is 0 Å². The van der Waals surface area contributed by atoms with Gasteiger partial charge in [0.05, 0.1) is 24.9 Å². The third-order valence-corrected chi connectivity index (χ3v) is 4.46. The molecule has 0 aliphatic carbocycles. The van der Waals surface area contributed by atoms with Gasteiger partial charge < -0.3 is 14.6 Å². The van der Waals surface area contributed by atoms with Crippen molar-refractivity contribution in [1.82, 2.24) is 4.72 Å². The van der Waals surface area contributed by atoms with E-state index in [4.69, 9.17) is 4.74 Å². The van der Waals surface area contributed by atoms with Gasteiger partial charge in [-0.25, -0.2) is 13.1 Å². The molecule has 19 heavy (non-hydrogen) atoms. The molecule has 2 unspecified atom stereocenters. The minimum atomic E-state index is -3.61. The van der Waals surface area contributed by atoms with Gasteiger partial charge in [-0.2, -0.15) is 0 Å². The molecule has 8 heteroatoms. The van der Waals surface area contributed by atoms with Gasteiger partial charge in [-0.1, -0.05) is 0 Å². The number of sulfonamides is 1. The van der Waals surface area contributed by atoms with Crippen molar-refractivity contribution in [2.45, 2.75) is 38.4 Å². The van der Waals surface area contributed by atoms with Gasteiger partial charge in [0.15, 0.2) is 0 Å². The van der Waals surface area contributed by atoms with Crippen LogP contribution in [-0.4, -0.2) is 56.7 Å². The summed E-state index contributed by atoms with van der Waals surface area (Å²) in [5.74, 6) is -0.902. The Kier molecular flexibility index (Phi) is 5.72. The van der Waals surface area contributed by atoms with Crippen molar-refractivity contribution >= 4 is 16.0 Å². The molecule has 0 spiro atoms. The van der Waals surface area contributed by atoms with Gasteiger partial charge in [0.2, 0.25) is 10.0 Å². The van der Waals surface area contributed by atoms with E-state index in [1.807, 2.05) is 0 Å². The number of hydrogen-bond acceptors (Lipinski definition) is 6. The van der Waals surface area contributed by atoms with Crippen molar-refractivity contribution in [2.24, 2.45) is 0 Å². The van der Waals surface area contributed by atoms with E-state index >= 15 is 0 Å². The lowest BCUT2D eigenvalue weighted by Crippen LogP contribution is -2.48. The summed E-state index contributed by atoms with van der Waals surface area (Å²) in [5.41, 5.74) is -1.18. The maximum Gasteiger partial charge on any atom is 0.306 e. The molecule has 1 aliphatic rings. The van der Waals surface area contributed by atoms with Crippen LogP contribution in [0.2, 0.25) is 0 Å². The highest BCUT2D eigenvalue weighted by Crippen LogP contribution is 2.24. The van der Waals surface area contributed by atoms with Crippen molar-refractivity contribution in [2.75, 3.05) is 25.5 Å². The summed E-state index contributed by atoms with van der Waals surface area (Å²) < 4.78 is 35.5. The van der Waals surface area contributed by atoms with Gasteiger partial charge in [0.25, 0.3) is 0 Å². The largest absolute Gasteiger partial charge is 0.466 e. The standard InChI is InChI=1S/C11H21NO6S/c1-3-17-10(13)4-7-19(15,16)12-8-11(14)5-6-18-9(11)2/h9,12,14H,3-8H2,1-2H3. The van der Waals surface area contributed by atoms with Crippen molar-refractivity contribution in [3.8, 4) is 0 Å². The molecule has 0 aromatic carbocycles. The molecule has 7 nitrogen and oxygen atoms in total. The summed E-state index contributed by atoms with van der Waals surface area (Å²) in [7, 11) is -3.61. The Labute approximate surface area is 113 Å². The molecule has 0 aromatic heterocycles. The van der Waals surface area contributed by atoms with E-state index in [0.717, 1.165) is 0 Å². The maximum absolute atomic E-state index is 11.7. The Morgan fingerprint density at radius 2 is 2.26 bits per heavy atom. The lowest BCUT2D eigenvalue weighted by molar-refractivity contribution is -0.142. The van der Waals surface area contributed by atoms with E-state index in [1.54, 1.807) is 13.8 Å². The first kappa shape index (κ1) is 16.4. The number of esters is 1. The molecule has 2 atom stereocenters. The third kappa shape index (κ3) is 5.06. The molecule has 112 valence electrons. The number of ether oxygens (including phenoxy) is 2. The van der Waals surface area contributed by atoms with Crippen LogP contribution in [0, 0.1) is 0 Å². The summed E-state index contributed by atoms with van der Waals surface area (Å²) in [6.07, 6.45) is -0.234. The molecule has 1 fully saturated rings. The van der Waals surface area contributed by atoms with E-state index in [-0.39, 0.29) is 25.3 Å². The molecule has 0 bridgehead atoms. The number of nitrogens with one attached hydrogen (secondary N) is 1. The summed E-state index contributed by atoms with van der Waals surface area (Å²) in [6.45, 7) is 3.87. The number of hydrogen-bond donors (Lipinski definition) is 2. The van der Waals surface area contributed by atoms with Crippen LogP contribution in [0.3, 0.4) is 0 Å². The van der Waals surface area contributed by atoms with Gasteiger partial charge in [0.1, 0.15) is 5.60 Å². The number of aliphatic hydroxyl groups is 1. The van der Waals surface area contributed by atoms with Gasteiger partial charge in [0, 0.05) is 19.6 Å². The van der Waals surface area contributed by atoms with Crippen LogP contribution in [-0.2, 0) is 24.3 Å². The molecule has 0 amide bonds. The SMILES string of the molecule is CCOC(=O)CCS(=O)(=O)NCC1(O)CCOC1C. The number of carbonyl (C=O) groups is 1. The van der Waals surface area contributed by atoms with E-state index in [0.29, 0.717) is 13.0 Å². The second-order valence-electron chi connectivity index (χ2n) is 4.56. The molecule has 1 saturated heterocycles. The molecule has 1 rings (SSSR count). The maximum atomic E-state index is 11.7. The third-order valence-electron chi connectivity index (χ3n) is 3.14. The monoisotopic (exact) mass is 295 g/mol. The zero-order valence-corrected chi connectivity index (χ0v) is 12.0. The highest BCUT2D eigenvalue weighted by atomic mass is 32.2. The van der Waals surface area contributed by atoms with Crippen LogP contribution < -0.4 is 4.72 Å². The van der Waals surface area contributed by atoms with Gasteiger partial charge in [-0.05, 0) is 13.8 Å². The van der Waals surface area contributed by atoms with E-state index in [9.17, 15) is 18.3 Å². The number of rotatable bonds is 7. The van der Waals surface area contributed by atoms with E-state index in [2.05, 4.69) is 9.46 Å². The molecule has 2 N–H and O–H groups in total. The average molecular weight is 295 g/mol. The van der Waals surface area contributed by atoms with Crippen LogP contribution in [0.15, 0.2) is 0 Å². The minimum Gasteiger partial charge on any atom is -0.466 e. The molecular weight excluding hydrogens is 274 g/mol. The Morgan fingerprint density at radius 1 is 1.58 bits per heavy atom. The fourth-order valence-electron chi connectivity index (χ4n) is 1.76. The molecule has 0 aromatic rings. The Morgan fingerprint density at radius 3 is 2.79 bits per heavy atom. The molecule has 0 saturated carbocycles. The predicted molar refractivity (Wildman–Crippen MR) is 68.0 cm³/mol. The number of carbonyl (C=O) groups excluding carboxylic acids is 1. The van der Waals surface area contributed by atoms with Crippen molar-refractivity contribution < 1.29 is 27.8 Å². The molecule has 1 heterocycles. The normalized spacial score (nSPS) is 27.4. The Balaban J connectivity index is 2.40. The molecule has 0 radical (unpaired) electrons. The quantitative estimate of drug-likeness (QED) is 0.608. The van der Waals surface area contributed by atoms with Gasteiger partial charge in [-0.3, -0.25) is 4.79 Å². The van der Waals surface area contributed by atoms with Crippen molar-refractivity contribution in [3.63, 3.8) is 0 Å². The predicted octanol–water partition coefficient (Wildman–Crippen LogP) is -0.601. The second kappa shape index (κ2) is 6.65. The van der Waals surface area contributed by atoms with Crippen molar-refractivity contribution in [1.29, 1.82) is 0 Å². The topological polar surface area (TPSA) is 102 Å². The van der Waals surface area contributed by atoms with Gasteiger partial charge >= 0.3 is 5.97 Å². The first-order valence-electron chi connectivity index (χ1n) is 6.26. The van der Waals surface area contributed by atoms with Crippen LogP contribution in [0.5, 0.6) is 0 Å². The fraction of sp³-hybridized carbons (Fsp3) is 0.909. The smallest absolute Gasteiger partial charge is 0.306 e. The first-order valence-corrected chi connectivity index (χ1v) is 7.91. The highest BCUT2D eigenvalue weighted by Gasteiger charge is 2.40. The average Bonchev–Trinajstić information content (AvgIpc) is 2.66. The van der Waals surface area contributed by atoms with Gasteiger partial charge in [-0.15, -0.1) is 0 Å². The van der Waals surface area contributed by atoms with Crippen molar-refractivity contribution in [3.05, 3.63) is 0 Å². The van der Waals surface area contributed by atoms with E-state index < -0.39 is 27.7 Å². The molecular formula is C11H21NO6S. The lowest BCUT2D eigenvalue weighted by atomic mass is 9.97. The Hall–Kier alpha value is -0.700. The second-order valence-corrected chi connectivity index (χ2v) is 6.49. The lowest BCUT2D eigenvalue weighted by Gasteiger charge is -2.25. The fourth-order valence-corrected chi connectivity index (χ4v) is 2.81. The van der Waals surface area contributed by atoms with E-state index in [1.165, 1.54) is 0 Å².